The van der Waals surface area contributed by atoms with E-state index in [1.807, 2.05) is 4.90 Å². The van der Waals surface area contributed by atoms with Crippen LogP contribution >= 0.6 is 0 Å². The monoisotopic (exact) mass is 341 g/mol. The lowest BCUT2D eigenvalue weighted by Gasteiger charge is -2.29. The number of benzene rings is 1. The van der Waals surface area contributed by atoms with Crippen LogP contribution in [0.1, 0.15) is 49.3 Å². The van der Waals surface area contributed by atoms with Crippen LogP contribution < -0.4 is 5.32 Å². The van der Waals surface area contributed by atoms with Crippen molar-refractivity contribution in [3.05, 3.63) is 35.4 Å². The molecule has 0 unspecified atom stereocenters. The number of hydrogen-bond acceptors (Lipinski definition) is 3. The first-order chi connectivity index (χ1) is 12.2. The molecule has 5 nitrogen and oxygen atoms in total. The van der Waals surface area contributed by atoms with Gasteiger partial charge >= 0.3 is 0 Å². The first kappa shape index (κ1) is 16.6. The molecule has 2 aliphatic carbocycles. The number of hydrogen-bond donors (Lipinski definition) is 1. The van der Waals surface area contributed by atoms with Gasteiger partial charge in [0.2, 0.25) is 11.8 Å². The zero-order valence-electron chi connectivity index (χ0n) is 14.7. The molecule has 1 saturated heterocycles. The summed E-state index contributed by atoms with van der Waals surface area (Å²) in [6.07, 6.45) is 6.71. The van der Waals surface area contributed by atoms with Crippen LogP contribution in [0.2, 0.25) is 0 Å². The molecule has 1 aromatic rings. The summed E-state index contributed by atoms with van der Waals surface area (Å²) in [7, 11) is 0. The Morgan fingerprint density at radius 3 is 2.64 bits per heavy atom. The Morgan fingerprint density at radius 1 is 1.12 bits per heavy atom. The average Bonchev–Trinajstić information content (AvgIpc) is 3.15. The second-order valence-corrected chi connectivity index (χ2v) is 7.52. The van der Waals surface area contributed by atoms with E-state index in [4.69, 9.17) is 0 Å². The van der Waals surface area contributed by atoms with E-state index in [2.05, 4.69) is 34.5 Å². The van der Waals surface area contributed by atoms with E-state index in [0.29, 0.717) is 18.6 Å². The van der Waals surface area contributed by atoms with Gasteiger partial charge in [0, 0.05) is 25.2 Å². The summed E-state index contributed by atoms with van der Waals surface area (Å²) in [4.78, 5) is 28.8. The first-order valence-corrected chi connectivity index (χ1v) is 9.60. The maximum atomic E-state index is 12.5. The van der Waals surface area contributed by atoms with Crippen LogP contribution in [0.15, 0.2) is 24.3 Å². The van der Waals surface area contributed by atoms with Crippen molar-refractivity contribution in [2.75, 3.05) is 26.2 Å². The van der Waals surface area contributed by atoms with Crippen LogP contribution in [0.25, 0.3) is 0 Å². The Morgan fingerprint density at radius 2 is 1.88 bits per heavy atom. The van der Waals surface area contributed by atoms with Crippen molar-refractivity contribution in [2.24, 2.45) is 0 Å². The van der Waals surface area contributed by atoms with Crippen LogP contribution in [0.3, 0.4) is 0 Å². The Hall–Kier alpha value is -1.88. The summed E-state index contributed by atoms with van der Waals surface area (Å²) in [6, 6.07) is 9.47. The molecule has 1 aromatic carbocycles. The fourth-order valence-corrected chi connectivity index (χ4v) is 4.25. The Kier molecular flexibility index (Phi) is 4.75. The third kappa shape index (κ3) is 3.71. The number of carbonyl (C=O) groups is 2. The van der Waals surface area contributed by atoms with Crippen molar-refractivity contribution in [3.63, 3.8) is 0 Å². The number of amides is 2. The number of carbonyl (C=O) groups excluding carboxylic acids is 2. The van der Waals surface area contributed by atoms with Gasteiger partial charge in [0.1, 0.15) is 0 Å². The zero-order valence-corrected chi connectivity index (χ0v) is 14.7. The number of aryl methyl sites for hydroxylation is 1. The molecular weight excluding hydrogens is 314 g/mol. The fraction of sp³-hybridized carbons (Fsp3) is 0.600. The molecule has 2 amide bonds. The molecule has 1 saturated carbocycles. The van der Waals surface area contributed by atoms with E-state index in [1.165, 1.54) is 24.0 Å². The zero-order chi connectivity index (χ0) is 17.2. The topological polar surface area (TPSA) is 52.7 Å². The number of fused-ring (bicyclic) bond motifs is 1. The standard InChI is InChI=1S/C20H27N3O2/c24-19(21-13-20(25)22-11-3-4-12-22)14-23(16-8-9-16)18-10-7-15-5-1-2-6-17(15)18/h1-2,5-6,16,18H,3-4,7-14H2,(H,21,24)/t18-/m0/s1. The molecule has 1 atom stereocenters. The third-order valence-corrected chi connectivity index (χ3v) is 5.74. The number of nitrogens with zero attached hydrogens (tertiary/aromatic N) is 2. The molecule has 134 valence electrons. The van der Waals surface area contributed by atoms with Crippen molar-refractivity contribution in [1.29, 1.82) is 0 Å². The van der Waals surface area contributed by atoms with Gasteiger partial charge in [-0.1, -0.05) is 24.3 Å². The highest BCUT2D eigenvalue weighted by Gasteiger charge is 2.38. The molecule has 1 aliphatic heterocycles. The van der Waals surface area contributed by atoms with Crippen LogP contribution in [0, 0.1) is 0 Å². The Balaban J connectivity index is 1.34. The highest BCUT2D eigenvalue weighted by atomic mass is 16.2. The molecular formula is C20H27N3O2. The Labute approximate surface area is 149 Å². The van der Waals surface area contributed by atoms with E-state index in [0.717, 1.165) is 38.8 Å². The van der Waals surface area contributed by atoms with E-state index >= 15 is 0 Å². The summed E-state index contributed by atoms with van der Waals surface area (Å²) in [6.45, 7) is 2.21. The van der Waals surface area contributed by atoms with Gasteiger partial charge in [0.15, 0.2) is 0 Å². The second-order valence-electron chi connectivity index (χ2n) is 7.52. The molecule has 0 spiro atoms. The summed E-state index contributed by atoms with van der Waals surface area (Å²) in [5.74, 6) is 0.0267. The van der Waals surface area contributed by atoms with Crippen LogP contribution in [-0.2, 0) is 16.0 Å². The smallest absolute Gasteiger partial charge is 0.241 e. The van der Waals surface area contributed by atoms with Gasteiger partial charge in [-0.25, -0.2) is 0 Å². The van der Waals surface area contributed by atoms with Crippen molar-refractivity contribution in [2.45, 2.75) is 50.6 Å². The predicted molar refractivity (Wildman–Crippen MR) is 96.1 cm³/mol. The van der Waals surface area contributed by atoms with E-state index in [9.17, 15) is 9.59 Å². The number of likely N-dealkylation sites (tertiary alicyclic amines) is 1. The van der Waals surface area contributed by atoms with Gasteiger partial charge in [-0.2, -0.15) is 0 Å². The SMILES string of the molecule is O=C(CN(C1CC1)[C@H]1CCc2ccccc21)NCC(=O)N1CCCC1. The van der Waals surface area contributed by atoms with E-state index < -0.39 is 0 Å². The molecule has 0 radical (unpaired) electrons. The van der Waals surface area contributed by atoms with Crippen molar-refractivity contribution in [1.82, 2.24) is 15.1 Å². The minimum atomic E-state index is -0.0242. The summed E-state index contributed by atoms with van der Waals surface area (Å²) in [5, 5.41) is 2.85. The van der Waals surface area contributed by atoms with Crippen LogP contribution in [0.5, 0.6) is 0 Å². The third-order valence-electron chi connectivity index (χ3n) is 5.74. The van der Waals surface area contributed by atoms with E-state index in [1.54, 1.807) is 0 Å². The molecule has 3 aliphatic rings. The van der Waals surface area contributed by atoms with Crippen molar-refractivity contribution < 1.29 is 9.59 Å². The molecule has 2 fully saturated rings. The maximum Gasteiger partial charge on any atom is 0.241 e. The lowest BCUT2D eigenvalue weighted by Crippen LogP contribution is -2.44. The molecule has 5 heteroatoms. The number of nitrogens with one attached hydrogen (secondary N) is 1. The average molecular weight is 341 g/mol. The number of rotatable bonds is 6. The van der Waals surface area contributed by atoms with Gasteiger partial charge in [-0.3, -0.25) is 14.5 Å². The van der Waals surface area contributed by atoms with Gasteiger partial charge in [0.05, 0.1) is 13.1 Å². The highest BCUT2D eigenvalue weighted by molar-refractivity contribution is 5.85. The van der Waals surface area contributed by atoms with Gasteiger partial charge < -0.3 is 10.2 Å². The normalized spacial score (nSPS) is 22.3. The highest BCUT2D eigenvalue weighted by Crippen LogP contribution is 2.41. The summed E-state index contributed by atoms with van der Waals surface area (Å²) < 4.78 is 0. The molecule has 25 heavy (non-hydrogen) atoms. The van der Waals surface area contributed by atoms with Crippen molar-refractivity contribution >= 4 is 11.8 Å². The maximum absolute atomic E-state index is 12.5. The van der Waals surface area contributed by atoms with Gasteiger partial charge in [0.25, 0.3) is 0 Å². The Bertz CT molecular complexity index is 650. The second kappa shape index (κ2) is 7.16. The molecule has 0 aromatic heterocycles. The fourth-order valence-electron chi connectivity index (χ4n) is 4.25. The van der Waals surface area contributed by atoms with Gasteiger partial charge in [-0.05, 0) is 49.7 Å². The molecule has 0 bridgehead atoms. The summed E-state index contributed by atoms with van der Waals surface area (Å²) >= 11 is 0. The quantitative estimate of drug-likeness (QED) is 0.859. The van der Waals surface area contributed by atoms with Crippen LogP contribution in [0.4, 0.5) is 0 Å². The summed E-state index contributed by atoms with van der Waals surface area (Å²) in [5.41, 5.74) is 2.80. The lowest BCUT2D eigenvalue weighted by atomic mass is 10.1. The largest absolute Gasteiger partial charge is 0.346 e. The van der Waals surface area contributed by atoms with E-state index in [-0.39, 0.29) is 18.4 Å². The molecule has 1 heterocycles. The van der Waals surface area contributed by atoms with Gasteiger partial charge in [-0.15, -0.1) is 0 Å². The van der Waals surface area contributed by atoms with Crippen LogP contribution in [-0.4, -0.2) is 53.8 Å². The minimum Gasteiger partial charge on any atom is -0.346 e. The van der Waals surface area contributed by atoms with Crippen molar-refractivity contribution in [3.8, 4) is 0 Å². The molecule has 1 N–H and O–H groups in total. The minimum absolute atomic E-state index is 0.0242. The predicted octanol–water partition coefficient (Wildman–Crippen LogP) is 1.88. The first-order valence-electron chi connectivity index (χ1n) is 9.60. The molecule has 4 rings (SSSR count). The lowest BCUT2D eigenvalue weighted by molar-refractivity contribution is -0.132.